The van der Waals surface area contributed by atoms with Gasteiger partial charge in [0.2, 0.25) is 0 Å². The van der Waals surface area contributed by atoms with Crippen LogP contribution < -0.4 is 15.9 Å². The number of allylic oxidation sites excluding steroid dienone is 1. The smallest absolute Gasteiger partial charge is 0.355 e. The minimum atomic E-state index is -0.352. The summed E-state index contributed by atoms with van der Waals surface area (Å²) in [7, 11) is 0. The number of para-hydroxylation sites is 1. The standard InChI is InChI=1S/C31H35N5O3/c1-4-39-30(37)26-22(2)27-28(33-31(38)36(29(27)32-23(26)3)25-15-9-6-10-16-25)35-20-18-34(19-21-35)17-11-14-24-12-7-5-8-13-24/h5-16,22,32H,4,17-21H2,1-3H3/b14-11+. The molecule has 0 bridgehead atoms. The van der Waals surface area contributed by atoms with Crippen LogP contribution in [0.2, 0.25) is 0 Å². The lowest BCUT2D eigenvalue weighted by atomic mass is 9.88. The van der Waals surface area contributed by atoms with E-state index >= 15 is 0 Å². The Morgan fingerprint density at radius 1 is 1.05 bits per heavy atom. The molecule has 0 aliphatic carbocycles. The van der Waals surface area contributed by atoms with Gasteiger partial charge in [0.15, 0.2) is 0 Å². The summed E-state index contributed by atoms with van der Waals surface area (Å²) in [5.74, 6) is 0.641. The van der Waals surface area contributed by atoms with Gasteiger partial charge in [-0.25, -0.2) is 14.2 Å². The lowest BCUT2D eigenvalue weighted by molar-refractivity contribution is -0.138. The molecule has 1 fully saturated rings. The summed E-state index contributed by atoms with van der Waals surface area (Å²) in [6.45, 7) is 9.96. The van der Waals surface area contributed by atoms with Crippen LogP contribution in [0.3, 0.4) is 0 Å². The van der Waals surface area contributed by atoms with E-state index in [4.69, 9.17) is 4.74 Å². The Bertz CT molecular complexity index is 1440. The molecule has 0 spiro atoms. The lowest BCUT2D eigenvalue weighted by Crippen LogP contribution is -2.48. The summed E-state index contributed by atoms with van der Waals surface area (Å²) < 4.78 is 6.99. The van der Waals surface area contributed by atoms with E-state index in [1.165, 1.54) is 5.56 Å². The molecular formula is C31H35N5O3. The number of hydrogen-bond acceptors (Lipinski definition) is 7. The van der Waals surface area contributed by atoms with Crippen molar-refractivity contribution in [3.8, 4) is 5.69 Å². The molecule has 39 heavy (non-hydrogen) atoms. The predicted octanol–water partition coefficient (Wildman–Crippen LogP) is 4.43. The van der Waals surface area contributed by atoms with E-state index in [-0.39, 0.29) is 17.6 Å². The van der Waals surface area contributed by atoms with Crippen molar-refractivity contribution in [1.82, 2.24) is 14.5 Å². The number of carbonyl (C=O) groups is 1. The van der Waals surface area contributed by atoms with Crippen LogP contribution in [0.4, 0.5) is 11.6 Å². The van der Waals surface area contributed by atoms with Crippen LogP contribution in [0, 0.1) is 0 Å². The molecular weight excluding hydrogens is 490 g/mol. The summed E-state index contributed by atoms with van der Waals surface area (Å²) in [4.78, 5) is 35.6. The zero-order chi connectivity index (χ0) is 27.4. The number of fused-ring (bicyclic) bond motifs is 1. The number of nitrogens with zero attached hydrogens (tertiary/aromatic N) is 4. The van der Waals surface area contributed by atoms with Crippen molar-refractivity contribution in [2.24, 2.45) is 0 Å². The van der Waals surface area contributed by atoms with E-state index in [1.807, 2.05) is 62.4 Å². The van der Waals surface area contributed by atoms with Crippen LogP contribution in [0.25, 0.3) is 11.8 Å². The van der Waals surface area contributed by atoms with E-state index in [1.54, 1.807) is 11.5 Å². The lowest BCUT2D eigenvalue weighted by Gasteiger charge is -2.38. The van der Waals surface area contributed by atoms with Gasteiger partial charge in [-0.3, -0.25) is 4.90 Å². The van der Waals surface area contributed by atoms with E-state index in [0.717, 1.165) is 44.0 Å². The molecule has 2 aliphatic heterocycles. The number of benzene rings is 2. The number of aromatic nitrogens is 2. The quantitative estimate of drug-likeness (QED) is 0.457. The van der Waals surface area contributed by atoms with E-state index in [2.05, 4.69) is 44.4 Å². The molecule has 1 unspecified atom stereocenters. The number of nitrogens with one attached hydrogen (secondary N) is 1. The second kappa shape index (κ2) is 11.7. The molecule has 3 aromatic rings. The molecule has 3 heterocycles. The third kappa shape index (κ3) is 5.52. The van der Waals surface area contributed by atoms with E-state index < -0.39 is 0 Å². The molecule has 1 aromatic heterocycles. The fourth-order valence-corrected chi connectivity index (χ4v) is 5.40. The fraction of sp³-hybridized carbons (Fsp3) is 0.323. The maximum absolute atomic E-state index is 13.5. The highest BCUT2D eigenvalue weighted by atomic mass is 16.5. The molecule has 1 saturated heterocycles. The number of rotatable bonds is 7. The Morgan fingerprint density at radius 3 is 2.38 bits per heavy atom. The Morgan fingerprint density at radius 2 is 1.72 bits per heavy atom. The van der Waals surface area contributed by atoms with Crippen molar-refractivity contribution < 1.29 is 9.53 Å². The van der Waals surface area contributed by atoms with Crippen LogP contribution >= 0.6 is 0 Å². The number of piperazine rings is 1. The summed E-state index contributed by atoms with van der Waals surface area (Å²) in [5, 5.41) is 3.37. The van der Waals surface area contributed by atoms with Crippen molar-refractivity contribution in [1.29, 1.82) is 0 Å². The zero-order valence-corrected chi connectivity index (χ0v) is 22.8. The van der Waals surface area contributed by atoms with Gasteiger partial charge in [0.05, 0.1) is 17.9 Å². The van der Waals surface area contributed by atoms with Crippen molar-refractivity contribution in [2.45, 2.75) is 26.7 Å². The van der Waals surface area contributed by atoms with Crippen molar-refractivity contribution in [2.75, 3.05) is 49.5 Å². The first-order valence-corrected chi connectivity index (χ1v) is 13.5. The molecule has 0 radical (unpaired) electrons. The summed E-state index contributed by atoms with van der Waals surface area (Å²) in [6, 6.07) is 19.8. The largest absolute Gasteiger partial charge is 0.463 e. The molecule has 1 atom stereocenters. The minimum Gasteiger partial charge on any atom is -0.463 e. The van der Waals surface area contributed by atoms with Crippen molar-refractivity contribution in [3.05, 3.63) is 99.6 Å². The van der Waals surface area contributed by atoms with Gasteiger partial charge in [-0.15, -0.1) is 0 Å². The van der Waals surface area contributed by atoms with Gasteiger partial charge in [-0.05, 0) is 31.5 Å². The second-order valence-electron chi connectivity index (χ2n) is 9.86. The molecule has 202 valence electrons. The Kier molecular flexibility index (Phi) is 7.93. The molecule has 8 heteroatoms. The number of hydrogen-bond donors (Lipinski definition) is 1. The van der Waals surface area contributed by atoms with Gasteiger partial charge in [0, 0.05) is 49.9 Å². The van der Waals surface area contributed by atoms with Crippen LogP contribution in [0.5, 0.6) is 0 Å². The first kappa shape index (κ1) is 26.4. The first-order chi connectivity index (χ1) is 19.0. The molecule has 1 N–H and O–H groups in total. The number of esters is 1. The van der Waals surface area contributed by atoms with Crippen LogP contribution in [0.1, 0.15) is 37.8 Å². The van der Waals surface area contributed by atoms with Gasteiger partial charge >= 0.3 is 11.7 Å². The van der Waals surface area contributed by atoms with Gasteiger partial charge in [-0.2, -0.15) is 4.98 Å². The molecule has 2 aromatic carbocycles. The van der Waals surface area contributed by atoms with Gasteiger partial charge < -0.3 is 15.0 Å². The van der Waals surface area contributed by atoms with E-state index in [0.29, 0.717) is 29.5 Å². The monoisotopic (exact) mass is 525 g/mol. The number of ether oxygens (including phenoxy) is 1. The third-order valence-corrected chi connectivity index (χ3v) is 7.34. The maximum atomic E-state index is 13.5. The molecule has 0 amide bonds. The number of anilines is 2. The fourth-order valence-electron chi connectivity index (χ4n) is 5.40. The zero-order valence-electron chi connectivity index (χ0n) is 22.8. The normalized spacial score (nSPS) is 17.7. The minimum absolute atomic E-state index is 0.296. The highest BCUT2D eigenvalue weighted by Gasteiger charge is 2.36. The van der Waals surface area contributed by atoms with Crippen LogP contribution in [-0.4, -0.2) is 59.8 Å². The van der Waals surface area contributed by atoms with Gasteiger partial charge in [0.1, 0.15) is 11.6 Å². The molecule has 5 rings (SSSR count). The Balaban J connectivity index is 1.45. The second-order valence-corrected chi connectivity index (χ2v) is 9.86. The van der Waals surface area contributed by atoms with Crippen molar-refractivity contribution >= 4 is 23.7 Å². The SMILES string of the molecule is CCOC(=O)C1=C(C)Nc2c(c(N3CCN(C/C=C/c4ccccc4)CC3)nc(=O)n2-c2ccccc2)C1C. The Labute approximate surface area is 229 Å². The molecule has 0 saturated carbocycles. The summed E-state index contributed by atoms with van der Waals surface area (Å²) in [5.41, 5.74) is 3.65. The molecule has 2 aliphatic rings. The highest BCUT2D eigenvalue weighted by Crippen LogP contribution is 2.42. The van der Waals surface area contributed by atoms with Crippen LogP contribution in [-0.2, 0) is 9.53 Å². The maximum Gasteiger partial charge on any atom is 0.355 e. The highest BCUT2D eigenvalue weighted by molar-refractivity contribution is 5.94. The number of carbonyl (C=O) groups excluding carboxylic acids is 1. The average Bonchev–Trinajstić information content (AvgIpc) is 2.94. The van der Waals surface area contributed by atoms with Gasteiger partial charge in [-0.1, -0.05) is 67.6 Å². The van der Waals surface area contributed by atoms with Gasteiger partial charge in [0.25, 0.3) is 0 Å². The summed E-state index contributed by atoms with van der Waals surface area (Å²) in [6.07, 6.45) is 4.34. The van der Waals surface area contributed by atoms with E-state index in [9.17, 15) is 9.59 Å². The van der Waals surface area contributed by atoms with Crippen molar-refractivity contribution in [3.63, 3.8) is 0 Å². The molecule has 8 nitrogen and oxygen atoms in total. The summed E-state index contributed by atoms with van der Waals surface area (Å²) >= 11 is 0. The third-order valence-electron chi connectivity index (χ3n) is 7.34. The first-order valence-electron chi connectivity index (χ1n) is 13.5. The average molecular weight is 526 g/mol. The predicted molar refractivity (Wildman–Crippen MR) is 155 cm³/mol. The Hall–Kier alpha value is -4.17. The van der Waals surface area contributed by atoms with Crippen LogP contribution in [0.15, 0.2) is 82.8 Å². The topological polar surface area (TPSA) is 79.7 Å².